The molecule has 10 nitrogen and oxygen atoms in total. The third kappa shape index (κ3) is 6.03. The highest BCUT2D eigenvalue weighted by Crippen LogP contribution is 2.35. The van der Waals surface area contributed by atoms with Gasteiger partial charge in [0.15, 0.2) is 5.25 Å². The fourth-order valence-electron chi connectivity index (χ4n) is 4.33. The zero-order valence-electron chi connectivity index (χ0n) is 19.9. The van der Waals surface area contributed by atoms with Gasteiger partial charge in [-0.05, 0) is 63.1 Å². The molecule has 2 unspecified atom stereocenters. The van der Waals surface area contributed by atoms with Gasteiger partial charge in [-0.1, -0.05) is 28.4 Å². The highest BCUT2D eigenvalue weighted by molar-refractivity contribution is 7.91. The maximum atomic E-state index is 13.6. The van der Waals surface area contributed by atoms with Crippen molar-refractivity contribution < 1.29 is 26.4 Å². The van der Waals surface area contributed by atoms with Gasteiger partial charge < -0.3 is 9.57 Å². The SMILES string of the molecule is CC1=NOC(C)C1S(=O)(=O)NC1CCN(S(=O)(=O)c2cc(C#N)ccc2Oc2cc(Cl)cc(Cl)c2)CC1. The van der Waals surface area contributed by atoms with Crippen LogP contribution in [0.5, 0.6) is 11.5 Å². The van der Waals surface area contributed by atoms with E-state index in [4.69, 9.17) is 32.8 Å². The molecule has 0 bridgehead atoms. The number of nitrogens with one attached hydrogen (secondary N) is 1. The van der Waals surface area contributed by atoms with E-state index in [1.807, 2.05) is 6.07 Å². The van der Waals surface area contributed by atoms with Crippen LogP contribution in [0.25, 0.3) is 0 Å². The van der Waals surface area contributed by atoms with Crippen LogP contribution in [-0.4, -0.2) is 57.3 Å². The van der Waals surface area contributed by atoms with Gasteiger partial charge in [0.25, 0.3) is 0 Å². The summed E-state index contributed by atoms with van der Waals surface area (Å²) in [5, 5.41) is 12.8. The molecule has 2 heterocycles. The van der Waals surface area contributed by atoms with Crippen LogP contribution in [0.1, 0.15) is 32.3 Å². The number of halogens is 2. The lowest BCUT2D eigenvalue weighted by Crippen LogP contribution is -2.50. The van der Waals surface area contributed by atoms with Crippen LogP contribution in [0.3, 0.4) is 0 Å². The van der Waals surface area contributed by atoms with E-state index in [1.54, 1.807) is 13.8 Å². The van der Waals surface area contributed by atoms with Crippen molar-refractivity contribution in [2.75, 3.05) is 13.1 Å². The number of ether oxygens (including phenoxy) is 1. The summed E-state index contributed by atoms with van der Waals surface area (Å²) in [6.45, 7) is 3.36. The second-order valence-corrected chi connectivity index (χ2v) is 13.4. The first kappa shape index (κ1) is 27.6. The van der Waals surface area contributed by atoms with E-state index in [0.29, 0.717) is 15.8 Å². The summed E-state index contributed by atoms with van der Waals surface area (Å²) in [5.74, 6) is 0.237. The molecule has 2 aliphatic heterocycles. The van der Waals surface area contributed by atoms with Crippen LogP contribution in [0.15, 0.2) is 46.4 Å². The fraction of sp³-hybridized carbons (Fsp3) is 0.391. The molecule has 2 atom stereocenters. The third-order valence-corrected chi connectivity index (χ3v) is 10.5. The maximum absolute atomic E-state index is 13.6. The topological polar surface area (TPSA) is 138 Å². The Hall–Kier alpha value is -2.40. The minimum absolute atomic E-state index is 0.00476. The molecular formula is C23H24Cl2N4O6S2. The Morgan fingerprint density at radius 3 is 2.32 bits per heavy atom. The number of rotatable bonds is 7. The van der Waals surface area contributed by atoms with Crippen molar-refractivity contribution in [3.8, 4) is 17.6 Å². The van der Waals surface area contributed by atoms with E-state index in [1.165, 1.54) is 40.7 Å². The van der Waals surface area contributed by atoms with Crippen molar-refractivity contribution in [3.63, 3.8) is 0 Å². The van der Waals surface area contributed by atoms with Gasteiger partial charge in [-0.15, -0.1) is 0 Å². The highest BCUT2D eigenvalue weighted by atomic mass is 35.5. The Balaban J connectivity index is 1.52. The molecule has 198 valence electrons. The van der Waals surface area contributed by atoms with Gasteiger partial charge in [0.1, 0.15) is 22.5 Å². The van der Waals surface area contributed by atoms with Crippen LogP contribution >= 0.6 is 23.2 Å². The Kier molecular flexibility index (Phi) is 8.04. The van der Waals surface area contributed by atoms with E-state index in [9.17, 15) is 22.1 Å². The van der Waals surface area contributed by atoms with E-state index < -0.39 is 37.4 Å². The molecule has 37 heavy (non-hydrogen) atoms. The number of benzene rings is 2. The standard InChI is InChI=1S/C23H24Cl2N4O6S2/c1-14-23(15(2)35-27-14)36(30,31)28-19-5-7-29(8-6-19)37(32,33)22-9-16(13-26)3-4-21(22)34-20-11-17(24)10-18(25)12-20/h3-4,9-12,15,19,23,28H,5-8H2,1-2H3. The predicted octanol–water partition coefficient (Wildman–Crippen LogP) is 3.89. The lowest BCUT2D eigenvalue weighted by atomic mass is 10.1. The number of sulfonamides is 2. The summed E-state index contributed by atoms with van der Waals surface area (Å²) < 4.78 is 62.7. The molecule has 0 radical (unpaired) electrons. The Bertz CT molecular complexity index is 1460. The molecule has 2 aromatic rings. The Labute approximate surface area is 225 Å². The number of oxime groups is 1. The first-order valence-electron chi connectivity index (χ1n) is 11.3. The van der Waals surface area contributed by atoms with Crippen molar-refractivity contribution >= 4 is 49.0 Å². The lowest BCUT2D eigenvalue weighted by Gasteiger charge is -2.32. The molecule has 1 N–H and O–H groups in total. The van der Waals surface area contributed by atoms with Gasteiger partial charge in [-0.3, -0.25) is 0 Å². The Morgan fingerprint density at radius 1 is 1.11 bits per heavy atom. The molecule has 0 aromatic heterocycles. The third-order valence-electron chi connectivity index (χ3n) is 6.07. The zero-order chi connectivity index (χ0) is 27.0. The number of nitrogens with zero attached hydrogens (tertiary/aromatic N) is 3. The minimum Gasteiger partial charge on any atom is -0.456 e. The molecule has 14 heteroatoms. The van der Waals surface area contributed by atoms with Gasteiger partial charge in [0.2, 0.25) is 20.0 Å². The van der Waals surface area contributed by atoms with Crippen LogP contribution in [0.2, 0.25) is 10.0 Å². The summed E-state index contributed by atoms with van der Waals surface area (Å²) in [4.78, 5) is 4.89. The highest BCUT2D eigenvalue weighted by Gasteiger charge is 2.41. The van der Waals surface area contributed by atoms with E-state index in [0.717, 1.165) is 0 Å². The first-order chi connectivity index (χ1) is 17.4. The normalized spacial score (nSPS) is 21.2. The van der Waals surface area contributed by atoms with Crippen molar-refractivity contribution in [2.24, 2.45) is 5.16 Å². The van der Waals surface area contributed by atoms with Gasteiger partial charge in [-0.2, -0.15) is 9.57 Å². The molecule has 4 rings (SSSR count). The molecule has 0 spiro atoms. The predicted molar refractivity (Wildman–Crippen MR) is 139 cm³/mol. The summed E-state index contributed by atoms with van der Waals surface area (Å²) in [6, 6.07) is 10.1. The van der Waals surface area contributed by atoms with Gasteiger partial charge in [0, 0.05) is 29.2 Å². The average molecular weight is 588 g/mol. The van der Waals surface area contributed by atoms with Crippen LogP contribution in [0, 0.1) is 11.3 Å². The lowest BCUT2D eigenvalue weighted by molar-refractivity contribution is 0.100. The quantitative estimate of drug-likeness (QED) is 0.519. The number of hydrogen-bond acceptors (Lipinski definition) is 8. The summed E-state index contributed by atoms with van der Waals surface area (Å²) in [6.07, 6.45) is -0.0957. The smallest absolute Gasteiger partial charge is 0.246 e. The van der Waals surface area contributed by atoms with E-state index >= 15 is 0 Å². The molecule has 1 fully saturated rings. The fourth-order valence-corrected chi connectivity index (χ4v) is 8.34. The van der Waals surface area contributed by atoms with Crippen molar-refractivity contribution in [2.45, 2.75) is 49.0 Å². The average Bonchev–Trinajstić information content (AvgIpc) is 3.17. The summed E-state index contributed by atoms with van der Waals surface area (Å²) in [7, 11) is -7.86. The number of piperidine rings is 1. The zero-order valence-corrected chi connectivity index (χ0v) is 23.0. The van der Waals surface area contributed by atoms with Crippen molar-refractivity contribution in [3.05, 3.63) is 52.0 Å². The molecule has 0 saturated carbocycles. The minimum atomic E-state index is -4.09. The van der Waals surface area contributed by atoms with Crippen molar-refractivity contribution in [1.29, 1.82) is 5.26 Å². The molecule has 0 amide bonds. The van der Waals surface area contributed by atoms with Crippen molar-refractivity contribution in [1.82, 2.24) is 9.03 Å². The van der Waals surface area contributed by atoms with Crippen LogP contribution < -0.4 is 9.46 Å². The number of nitriles is 1. The van der Waals surface area contributed by atoms with Crippen LogP contribution in [0.4, 0.5) is 0 Å². The molecule has 2 aromatic carbocycles. The second kappa shape index (κ2) is 10.8. The second-order valence-electron chi connectivity index (χ2n) is 8.79. The molecule has 2 aliphatic rings. The summed E-state index contributed by atoms with van der Waals surface area (Å²) >= 11 is 12.1. The Morgan fingerprint density at radius 2 is 1.76 bits per heavy atom. The monoisotopic (exact) mass is 586 g/mol. The van der Waals surface area contributed by atoms with E-state index in [2.05, 4.69) is 9.88 Å². The van der Waals surface area contributed by atoms with E-state index in [-0.39, 0.29) is 47.9 Å². The molecular weight excluding hydrogens is 563 g/mol. The largest absolute Gasteiger partial charge is 0.456 e. The molecule has 1 saturated heterocycles. The van der Waals surface area contributed by atoms with Crippen LogP contribution in [-0.2, 0) is 24.9 Å². The molecule has 0 aliphatic carbocycles. The summed E-state index contributed by atoms with van der Waals surface area (Å²) in [5.41, 5.74) is 0.508. The van der Waals surface area contributed by atoms with Gasteiger partial charge >= 0.3 is 0 Å². The maximum Gasteiger partial charge on any atom is 0.246 e. The van der Waals surface area contributed by atoms with Gasteiger partial charge in [-0.25, -0.2) is 21.6 Å². The number of hydrogen-bond donors (Lipinski definition) is 1. The van der Waals surface area contributed by atoms with Gasteiger partial charge in [0.05, 0.1) is 17.3 Å². The first-order valence-corrected chi connectivity index (χ1v) is 15.0.